The molecule has 6 heteroatoms. The summed E-state index contributed by atoms with van der Waals surface area (Å²) in [5.41, 5.74) is 5.26. The number of primary sulfonamides is 1. The van der Waals surface area contributed by atoms with E-state index in [4.69, 9.17) is 5.14 Å². The molecule has 2 rings (SSSR count). The van der Waals surface area contributed by atoms with E-state index in [2.05, 4.69) is 17.4 Å². The second-order valence-electron chi connectivity index (χ2n) is 6.02. The number of amides is 1. The molecule has 128 valence electrons. The number of aryl methyl sites for hydroxylation is 3. The maximum absolute atomic E-state index is 12.2. The minimum absolute atomic E-state index is 0.0588. The summed E-state index contributed by atoms with van der Waals surface area (Å²) in [5, 5.41) is 7.91. The first kappa shape index (κ1) is 18.2. The van der Waals surface area contributed by atoms with Crippen LogP contribution in [0, 0.1) is 20.8 Å². The van der Waals surface area contributed by atoms with Crippen LogP contribution in [0.25, 0.3) is 0 Å². The molecule has 0 saturated heterocycles. The van der Waals surface area contributed by atoms with Gasteiger partial charge in [0, 0.05) is 6.54 Å². The van der Waals surface area contributed by atoms with Crippen LogP contribution >= 0.6 is 0 Å². The highest BCUT2D eigenvalue weighted by Gasteiger charge is 2.10. The van der Waals surface area contributed by atoms with Gasteiger partial charge in [0.05, 0.1) is 11.3 Å². The molecule has 3 N–H and O–H groups in total. The van der Waals surface area contributed by atoms with Crippen molar-refractivity contribution in [2.75, 3.05) is 0 Å². The van der Waals surface area contributed by atoms with Crippen LogP contribution in [0.15, 0.2) is 41.3 Å². The predicted octanol–water partition coefficient (Wildman–Crippen LogP) is 2.12. The first-order chi connectivity index (χ1) is 11.2. The number of sulfonamides is 1. The standard InChI is InChI=1S/C18H22N2O3S/c1-12-8-13(2)17(14(3)9-12)10-18(21)20-11-15-4-6-16(7-5-15)24(19,22)23/h4-9H,10-11H2,1-3H3,(H,20,21)(H2,19,22,23). The highest BCUT2D eigenvalue weighted by molar-refractivity contribution is 7.89. The summed E-state index contributed by atoms with van der Waals surface area (Å²) in [4.78, 5) is 12.2. The predicted molar refractivity (Wildman–Crippen MR) is 94.0 cm³/mol. The van der Waals surface area contributed by atoms with Crippen molar-refractivity contribution in [3.63, 3.8) is 0 Å². The molecule has 0 bridgehead atoms. The number of benzene rings is 2. The third-order valence-corrected chi connectivity index (χ3v) is 4.85. The fraction of sp³-hybridized carbons (Fsp3) is 0.278. The molecule has 5 nitrogen and oxygen atoms in total. The van der Waals surface area contributed by atoms with E-state index in [1.165, 1.54) is 17.7 Å². The molecular weight excluding hydrogens is 324 g/mol. The Kier molecular flexibility index (Phi) is 5.41. The molecule has 0 unspecified atom stereocenters. The average Bonchev–Trinajstić information content (AvgIpc) is 2.48. The van der Waals surface area contributed by atoms with Crippen LogP contribution in [0.2, 0.25) is 0 Å². The molecule has 2 aromatic rings. The van der Waals surface area contributed by atoms with E-state index in [1.54, 1.807) is 12.1 Å². The Morgan fingerprint density at radius 1 is 1.04 bits per heavy atom. The van der Waals surface area contributed by atoms with Crippen molar-refractivity contribution in [1.29, 1.82) is 0 Å². The van der Waals surface area contributed by atoms with Crippen molar-refractivity contribution in [2.45, 2.75) is 38.6 Å². The molecule has 2 aromatic carbocycles. The number of nitrogens with two attached hydrogens (primary N) is 1. The van der Waals surface area contributed by atoms with Crippen LogP contribution in [0.1, 0.15) is 27.8 Å². The Labute approximate surface area is 142 Å². The maximum atomic E-state index is 12.2. The van der Waals surface area contributed by atoms with Crippen molar-refractivity contribution in [2.24, 2.45) is 5.14 Å². The van der Waals surface area contributed by atoms with Crippen molar-refractivity contribution < 1.29 is 13.2 Å². The van der Waals surface area contributed by atoms with E-state index in [1.807, 2.05) is 20.8 Å². The first-order valence-electron chi connectivity index (χ1n) is 7.62. The van der Waals surface area contributed by atoms with Gasteiger partial charge in [-0.3, -0.25) is 4.79 Å². The Morgan fingerprint density at radius 3 is 2.08 bits per heavy atom. The number of nitrogens with one attached hydrogen (secondary N) is 1. The molecule has 1 amide bonds. The van der Waals surface area contributed by atoms with Gasteiger partial charge in [-0.15, -0.1) is 0 Å². The van der Waals surface area contributed by atoms with Gasteiger partial charge in [-0.05, 0) is 55.2 Å². The number of hydrogen-bond donors (Lipinski definition) is 2. The highest BCUT2D eigenvalue weighted by Crippen LogP contribution is 2.17. The van der Waals surface area contributed by atoms with Crippen molar-refractivity contribution in [3.05, 3.63) is 64.2 Å². The fourth-order valence-corrected chi connectivity index (χ4v) is 3.22. The lowest BCUT2D eigenvalue weighted by molar-refractivity contribution is -0.120. The number of hydrogen-bond acceptors (Lipinski definition) is 3. The summed E-state index contributed by atoms with van der Waals surface area (Å²) >= 11 is 0. The van der Waals surface area contributed by atoms with Crippen LogP contribution in [-0.2, 0) is 27.8 Å². The smallest absolute Gasteiger partial charge is 0.238 e. The van der Waals surface area contributed by atoms with Crippen LogP contribution in [0.4, 0.5) is 0 Å². The SMILES string of the molecule is Cc1cc(C)c(CC(=O)NCc2ccc(S(N)(=O)=O)cc2)c(C)c1. The Balaban J connectivity index is 1.99. The normalized spacial score (nSPS) is 11.3. The Morgan fingerprint density at radius 2 is 1.58 bits per heavy atom. The lowest BCUT2D eigenvalue weighted by atomic mass is 9.97. The van der Waals surface area contributed by atoms with Crippen LogP contribution < -0.4 is 10.5 Å². The van der Waals surface area contributed by atoms with Gasteiger partial charge < -0.3 is 5.32 Å². The van der Waals surface area contributed by atoms with Gasteiger partial charge in [-0.25, -0.2) is 13.6 Å². The second-order valence-corrected chi connectivity index (χ2v) is 7.58. The van der Waals surface area contributed by atoms with Gasteiger partial charge in [-0.2, -0.15) is 0 Å². The lowest BCUT2D eigenvalue weighted by Gasteiger charge is -2.12. The third kappa shape index (κ3) is 4.66. The van der Waals surface area contributed by atoms with Gasteiger partial charge in [0.2, 0.25) is 15.9 Å². The molecule has 0 aliphatic heterocycles. The van der Waals surface area contributed by atoms with Gasteiger partial charge in [0.25, 0.3) is 0 Å². The van der Waals surface area contributed by atoms with Gasteiger partial charge in [0.15, 0.2) is 0 Å². The van der Waals surface area contributed by atoms with Crippen molar-refractivity contribution in [1.82, 2.24) is 5.32 Å². The molecule has 0 atom stereocenters. The maximum Gasteiger partial charge on any atom is 0.238 e. The average molecular weight is 346 g/mol. The topological polar surface area (TPSA) is 89.3 Å². The van der Waals surface area contributed by atoms with E-state index in [9.17, 15) is 13.2 Å². The van der Waals surface area contributed by atoms with Crippen molar-refractivity contribution >= 4 is 15.9 Å². The summed E-state index contributed by atoms with van der Waals surface area (Å²) < 4.78 is 22.4. The molecule has 0 radical (unpaired) electrons. The lowest BCUT2D eigenvalue weighted by Crippen LogP contribution is -2.25. The highest BCUT2D eigenvalue weighted by atomic mass is 32.2. The van der Waals surface area contributed by atoms with Crippen LogP contribution in [0.3, 0.4) is 0 Å². The summed E-state index contributed by atoms with van der Waals surface area (Å²) in [6, 6.07) is 10.3. The van der Waals surface area contributed by atoms with Gasteiger partial charge in [0.1, 0.15) is 0 Å². The van der Waals surface area contributed by atoms with Crippen molar-refractivity contribution in [3.8, 4) is 0 Å². The minimum atomic E-state index is -3.69. The van der Waals surface area contributed by atoms with E-state index in [0.29, 0.717) is 13.0 Å². The second kappa shape index (κ2) is 7.15. The zero-order chi connectivity index (χ0) is 17.9. The monoisotopic (exact) mass is 346 g/mol. The fourth-order valence-electron chi connectivity index (χ4n) is 2.71. The largest absolute Gasteiger partial charge is 0.352 e. The van der Waals surface area contributed by atoms with E-state index >= 15 is 0 Å². The molecule has 0 heterocycles. The molecule has 0 aromatic heterocycles. The molecule has 0 saturated carbocycles. The van der Waals surface area contributed by atoms with E-state index in [0.717, 1.165) is 22.3 Å². The summed E-state index contributed by atoms with van der Waals surface area (Å²) in [6.07, 6.45) is 0.327. The number of rotatable bonds is 5. The summed E-state index contributed by atoms with van der Waals surface area (Å²) in [5.74, 6) is -0.0689. The number of carbonyl (C=O) groups excluding carboxylic acids is 1. The zero-order valence-electron chi connectivity index (χ0n) is 14.1. The Hall–Kier alpha value is -2.18. The van der Waals surface area contributed by atoms with Crippen LogP contribution in [-0.4, -0.2) is 14.3 Å². The van der Waals surface area contributed by atoms with E-state index < -0.39 is 10.0 Å². The molecule has 0 fully saturated rings. The number of carbonyl (C=O) groups is 1. The van der Waals surface area contributed by atoms with Gasteiger partial charge in [-0.1, -0.05) is 29.8 Å². The summed E-state index contributed by atoms with van der Waals surface area (Å²) in [7, 11) is -3.69. The molecule has 0 spiro atoms. The quantitative estimate of drug-likeness (QED) is 0.869. The van der Waals surface area contributed by atoms with E-state index in [-0.39, 0.29) is 10.8 Å². The summed E-state index contributed by atoms with van der Waals surface area (Å²) in [6.45, 7) is 6.39. The van der Waals surface area contributed by atoms with Crippen LogP contribution in [0.5, 0.6) is 0 Å². The zero-order valence-corrected chi connectivity index (χ0v) is 14.9. The third-order valence-electron chi connectivity index (χ3n) is 3.92. The molecular formula is C18H22N2O3S. The molecule has 0 aliphatic carbocycles. The molecule has 0 aliphatic rings. The Bertz CT molecular complexity index is 833. The van der Waals surface area contributed by atoms with Gasteiger partial charge >= 0.3 is 0 Å². The molecule has 24 heavy (non-hydrogen) atoms. The minimum Gasteiger partial charge on any atom is -0.352 e. The first-order valence-corrected chi connectivity index (χ1v) is 9.16.